The molecular weight excluding hydrogens is 459 g/mol. The third kappa shape index (κ3) is 5.28. The molecule has 2 aromatic carbocycles. The van der Waals surface area contributed by atoms with Crippen molar-refractivity contribution in [2.24, 2.45) is 4.99 Å². The minimum Gasteiger partial charge on any atom is -0.497 e. The van der Waals surface area contributed by atoms with Gasteiger partial charge in [-0.25, -0.2) is 14.2 Å². The number of carbonyl (C=O) groups is 1. The second-order valence-corrected chi connectivity index (χ2v) is 8.25. The van der Waals surface area contributed by atoms with Crippen LogP contribution in [0.1, 0.15) is 31.3 Å². The van der Waals surface area contributed by atoms with Crippen molar-refractivity contribution >= 4 is 22.9 Å². The molecule has 0 saturated heterocycles. The Bertz CT molecular complexity index is 1220. The lowest BCUT2D eigenvalue weighted by molar-refractivity contribution is -0.138. The molecule has 0 bridgehead atoms. The van der Waals surface area contributed by atoms with Crippen molar-refractivity contribution in [2.75, 3.05) is 13.7 Å². The molecule has 0 amide bonds. The maximum atomic E-state index is 13.5. The minimum atomic E-state index is -0.624. The molecule has 1 aliphatic heterocycles. The summed E-state index contributed by atoms with van der Waals surface area (Å²) in [5.74, 6) is 1.11. The fourth-order valence-electron chi connectivity index (χ4n) is 3.37. The maximum absolute atomic E-state index is 13.5. The number of aliphatic imine (C=N–C) groups is 1. The standard InChI is InChI=1S/C24H23FN4O4S/c1-4-32-23(30)20-14(2)26-24(27-21(20)15-5-9-17(25)10-6-15)34-13-19-28-29-22(33-19)16-7-11-18(31-3)12-8-16/h5-12,21H,4,13H2,1-3H3,(H,26,27). The highest BCUT2D eigenvalue weighted by Crippen LogP contribution is 2.33. The molecule has 1 N–H and O–H groups in total. The molecule has 8 nitrogen and oxygen atoms in total. The van der Waals surface area contributed by atoms with Gasteiger partial charge in [0.15, 0.2) is 5.17 Å². The van der Waals surface area contributed by atoms with Gasteiger partial charge in [0.1, 0.15) is 17.6 Å². The molecular formula is C24H23FN4O4S. The van der Waals surface area contributed by atoms with E-state index in [1.165, 1.54) is 23.9 Å². The number of nitrogens with zero attached hydrogens (tertiary/aromatic N) is 3. The first-order valence-corrected chi connectivity index (χ1v) is 11.5. The van der Waals surface area contributed by atoms with E-state index in [1.54, 1.807) is 33.1 Å². The maximum Gasteiger partial charge on any atom is 0.338 e. The van der Waals surface area contributed by atoms with E-state index in [2.05, 4.69) is 15.5 Å². The molecule has 0 fully saturated rings. The number of hydrogen-bond donors (Lipinski definition) is 1. The van der Waals surface area contributed by atoms with Crippen LogP contribution in [-0.4, -0.2) is 35.1 Å². The zero-order chi connectivity index (χ0) is 24.1. The van der Waals surface area contributed by atoms with Crippen LogP contribution in [0, 0.1) is 5.82 Å². The summed E-state index contributed by atoms with van der Waals surface area (Å²) in [6.45, 7) is 3.77. The van der Waals surface area contributed by atoms with Gasteiger partial charge in [0, 0.05) is 11.3 Å². The Balaban J connectivity index is 1.51. The summed E-state index contributed by atoms with van der Waals surface area (Å²) in [6, 6.07) is 12.6. The number of thioether (sulfide) groups is 1. The van der Waals surface area contributed by atoms with Crippen molar-refractivity contribution in [1.82, 2.24) is 15.5 Å². The van der Waals surface area contributed by atoms with Crippen LogP contribution in [-0.2, 0) is 15.3 Å². The number of rotatable bonds is 7. The number of carbonyl (C=O) groups excluding carboxylic acids is 1. The fraction of sp³-hybridized carbons (Fsp3) is 0.250. The minimum absolute atomic E-state index is 0.241. The lowest BCUT2D eigenvalue weighted by Gasteiger charge is -2.25. The highest BCUT2D eigenvalue weighted by molar-refractivity contribution is 8.13. The molecule has 1 aliphatic rings. The van der Waals surface area contributed by atoms with E-state index in [9.17, 15) is 9.18 Å². The van der Waals surface area contributed by atoms with E-state index in [1.807, 2.05) is 24.3 Å². The zero-order valence-corrected chi connectivity index (χ0v) is 19.7. The second-order valence-electron chi connectivity index (χ2n) is 7.29. The molecule has 2 heterocycles. The molecule has 0 saturated carbocycles. The molecule has 0 spiro atoms. The molecule has 0 aliphatic carbocycles. The van der Waals surface area contributed by atoms with Crippen LogP contribution in [0.15, 0.2) is 69.2 Å². The third-order valence-electron chi connectivity index (χ3n) is 5.04. The van der Waals surface area contributed by atoms with Gasteiger partial charge in [0.05, 0.1) is 25.0 Å². The lowest BCUT2D eigenvalue weighted by atomic mass is 9.96. The molecule has 176 valence electrons. The second kappa shape index (κ2) is 10.5. The normalized spacial score (nSPS) is 15.5. The van der Waals surface area contributed by atoms with Crippen molar-refractivity contribution in [1.29, 1.82) is 0 Å². The summed E-state index contributed by atoms with van der Waals surface area (Å²) in [4.78, 5) is 17.3. The zero-order valence-electron chi connectivity index (χ0n) is 18.9. The van der Waals surface area contributed by atoms with E-state index in [0.717, 1.165) is 11.3 Å². The number of nitrogens with one attached hydrogen (secondary N) is 1. The smallest absolute Gasteiger partial charge is 0.338 e. The number of halogens is 1. The van der Waals surface area contributed by atoms with Crippen LogP contribution < -0.4 is 10.1 Å². The Morgan fingerprint density at radius 3 is 2.56 bits per heavy atom. The number of benzene rings is 2. The van der Waals surface area contributed by atoms with Gasteiger partial charge < -0.3 is 19.2 Å². The number of hydrogen-bond acceptors (Lipinski definition) is 9. The number of allylic oxidation sites excluding steroid dienone is 1. The number of amidine groups is 1. The van der Waals surface area contributed by atoms with Gasteiger partial charge in [-0.15, -0.1) is 10.2 Å². The first kappa shape index (κ1) is 23.5. The van der Waals surface area contributed by atoms with Crippen LogP contribution in [0.5, 0.6) is 5.75 Å². The number of methoxy groups -OCH3 is 1. The highest BCUT2D eigenvalue weighted by atomic mass is 32.2. The molecule has 10 heteroatoms. The molecule has 1 aromatic heterocycles. The van der Waals surface area contributed by atoms with Crippen molar-refractivity contribution in [3.05, 3.63) is 77.1 Å². The Hall–Kier alpha value is -3.66. The van der Waals surface area contributed by atoms with Gasteiger partial charge in [-0.1, -0.05) is 23.9 Å². The van der Waals surface area contributed by atoms with E-state index in [-0.39, 0.29) is 12.4 Å². The first-order chi connectivity index (χ1) is 16.5. The fourth-order valence-corrected chi connectivity index (χ4v) is 4.15. The summed E-state index contributed by atoms with van der Waals surface area (Å²) in [6.07, 6.45) is 0. The number of aromatic nitrogens is 2. The highest BCUT2D eigenvalue weighted by Gasteiger charge is 2.30. The van der Waals surface area contributed by atoms with Crippen molar-refractivity contribution in [2.45, 2.75) is 25.6 Å². The van der Waals surface area contributed by atoms with Crippen LogP contribution in [0.2, 0.25) is 0 Å². The SMILES string of the molecule is CCOC(=O)C1=C(C)NC(SCc2nnc(-c3ccc(OC)cc3)o2)=NC1c1ccc(F)cc1. The molecule has 4 rings (SSSR count). The predicted octanol–water partition coefficient (Wildman–Crippen LogP) is 4.66. The Kier molecular flexibility index (Phi) is 7.27. The van der Waals surface area contributed by atoms with Crippen LogP contribution >= 0.6 is 11.8 Å². The van der Waals surface area contributed by atoms with Crippen molar-refractivity contribution < 1.29 is 23.1 Å². The largest absolute Gasteiger partial charge is 0.497 e. The monoisotopic (exact) mass is 482 g/mol. The topological polar surface area (TPSA) is 98.8 Å². The van der Waals surface area contributed by atoms with Crippen molar-refractivity contribution in [3.8, 4) is 17.2 Å². The summed E-state index contributed by atoms with van der Waals surface area (Å²) in [5, 5.41) is 11.9. The average Bonchev–Trinajstić information content (AvgIpc) is 3.32. The van der Waals surface area contributed by atoms with E-state index in [0.29, 0.717) is 39.5 Å². The number of ether oxygens (including phenoxy) is 2. The molecule has 1 unspecified atom stereocenters. The van der Waals surface area contributed by atoms with Gasteiger partial charge in [-0.2, -0.15) is 0 Å². The summed E-state index contributed by atoms with van der Waals surface area (Å²) in [5.41, 5.74) is 2.47. The van der Waals surface area contributed by atoms with Gasteiger partial charge in [0.2, 0.25) is 11.8 Å². The van der Waals surface area contributed by atoms with Gasteiger partial charge in [-0.3, -0.25) is 0 Å². The van der Waals surface area contributed by atoms with Crippen LogP contribution in [0.25, 0.3) is 11.5 Å². The predicted molar refractivity (Wildman–Crippen MR) is 127 cm³/mol. The Morgan fingerprint density at radius 1 is 1.15 bits per heavy atom. The van der Waals surface area contributed by atoms with Gasteiger partial charge in [0.25, 0.3) is 0 Å². The van der Waals surface area contributed by atoms with Crippen LogP contribution in [0.3, 0.4) is 0 Å². The molecule has 34 heavy (non-hydrogen) atoms. The Labute approximate surface area is 200 Å². The summed E-state index contributed by atoms with van der Waals surface area (Å²) in [7, 11) is 1.60. The summed E-state index contributed by atoms with van der Waals surface area (Å²) < 4.78 is 29.6. The van der Waals surface area contributed by atoms with Gasteiger partial charge >= 0.3 is 5.97 Å². The van der Waals surface area contributed by atoms with E-state index >= 15 is 0 Å². The molecule has 0 radical (unpaired) electrons. The van der Waals surface area contributed by atoms with E-state index in [4.69, 9.17) is 18.9 Å². The average molecular weight is 483 g/mol. The van der Waals surface area contributed by atoms with Crippen molar-refractivity contribution in [3.63, 3.8) is 0 Å². The quantitative estimate of drug-likeness (QED) is 0.486. The number of esters is 1. The molecule has 3 aromatic rings. The first-order valence-electron chi connectivity index (χ1n) is 10.6. The summed E-state index contributed by atoms with van der Waals surface area (Å²) >= 11 is 1.36. The van der Waals surface area contributed by atoms with Gasteiger partial charge in [-0.05, 0) is 55.8 Å². The Morgan fingerprint density at radius 2 is 1.88 bits per heavy atom. The lowest BCUT2D eigenvalue weighted by Crippen LogP contribution is -2.30. The van der Waals surface area contributed by atoms with E-state index < -0.39 is 12.0 Å². The van der Waals surface area contributed by atoms with Crippen LogP contribution in [0.4, 0.5) is 4.39 Å². The molecule has 1 atom stereocenters. The third-order valence-corrected chi connectivity index (χ3v) is 5.91.